The van der Waals surface area contributed by atoms with Crippen LogP contribution in [0.1, 0.15) is 83.0 Å². The van der Waals surface area contributed by atoms with Crippen molar-refractivity contribution in [2.45, 2.75) is 72.1 Å². The lowest BCUT2D eigenvalue weighted by molar-refractivity contribution is -0.176. The molecule has 0 unspecified atom stereocenters. The molecule has 7 N–H and O–H groups in total. The van der Waals surface area contributed by atoms with Crippen LogP contribution < -0.4 is 16.5 Å². The second kappa shape index (κ2) is 23.1. The van der Waals surface area contributed by atoms with Gasteiger partial charge in [0.15, 0.2) is 21.1 Å². The van der Waals surface area contributed by atoms with Crippen LogP contribution in [0, 0.1) is 0 Å². The number of carboxylic acids is 2. The van der Waals surface area contributed by atoms with Crippen molar-refractivity contribution in [1.82, 2.24) is 14.7 Å². The number of hydrogen-bond acceptors (Lipinski definition) is 12. The summed E-state index contributed by atoms with van der Waals surface area (Å²) in [5.41, 5.74) is 3.05. The van der Waals surface area contributed by atoms with Crippen LogP contribution in [-0.4, -0.2) is 122 Å². The van der Waals surface area contributed by atoms with E-state index in [1.54, 1.807) is 0 Å². The van der Waals surface area contributed by atoms with Crippen molar-refractivity contribution in [2.24, 2.45) is 0 Å². The van der Waals surface area contributed by atoms with Gasteiger partial charge in [-0.1, -0.05) is 68.4 Å². The number of carbonyl (C=O) groups is 2. The van der Waals surface area contributed by atoms with E-state index in [2.05, 4.69) is 77.0 Å². The molecule has 2 aromatic rings. The van der Waals surface area contributed by atoms with Gasteiger partial charge in [0.05, 0.1) is 16.8 Å². The second-order valence-corrected chi connectivity index (χ2v) is 15.0. The van der Waals surface area contributed by atoms with Crippen molar-refractivity contribution < 1.29 is 55.6 Å². The fourth-order valence-electron chi connectivity index (χ4n) is 5.90. The summed E-state index contributed by atoms with van der Waals surface area (Å²) < 4.78 is 75.8. The Morgan fingerprint density at radius 1 is 0.684 bits per heavy atom. The molecule has 1 aliphatic carbocycles. The Morgan fingerprint density at radius 2 is 1.12 bits per heavy atom. The maximum Gasteiger partial charge on any atom is 0.336 e. The topological polar surface area (TPSA) is 261 Å². The molecule has 0 aromatic heterocycles. The molecule has 1 heterocycles. The van der Waals surface area contributed by atoms with Crippen LogP contribution in [0.25, 0.3) is 33.4 Å². The predicted octanol–water partition coefficient (Wildman–Crippen LogP) is 4.04. The fraction of sp³-hybridized carbons (Fsp3) is 0.462. The third-order valence-corrected chi connectivity index (χ3v) is 11.2. The molecule has 318 valence electrons. The van der Waals surface area contributed by atoms with E-state index in [0.29, 0.717) is 0 Å². The number of rotatable bonds is 14. The Morgan fingerprint density at radius 3 is 1.47 bits per heavy atom. The normalized spacial score (nSPS) is 11.5. The molecule has 4 rings (SSSR count). The molecule has 57 heavy (non-hydrogen) atoms. The summed E-state index contributed by atoms with van der Waals surface area (Å²) in [7, 11) is -10.4. The van der Waals surface area contributed by atoms with E-state index >= 15 is 0 Å². The lowest BCUT2D eigenvalue weighted by atomic mass is 9.89. The second-order valence-electron chi connectivity index (χ2n) is 12.4. The predicted molar refractivity (Wildman–Crippen MR) is 220 cm³/mol. The number of anilines is 1. The van der Waals surface area contributed by atoms with Gasteiger partial charge in [-0.05, 0) is 94.8 Å². The van der Waals surface area contributed by atoms with Gasteiger partial charge in [-0.3, -0.25) is 9.96 Å². The van der Waals surface area contributed by atoms with Gasteiger partial charge in [0.2, 0.25) is 5.36 Å². The average Bonchev–Trinajstić information content (AvgIpc) is 3.15. The summed E-state index contributed by atoms with van der Waals surface area (Å²) in [6.45, 7) is 30.4. The first-order chi connectivity index (χ1) is 26.7. The molecular weight excluding hydrogens is 779 g/mol. The Labute approximate surface area is 336 Å². The summed E-state index contributed by atoms with van der Waals surface area (Å²) in [5, 5.41) is 24.1. The molecule has 16 nitrogen and oxygen atoms in total. The van der Waals surface area contributed by atoms with Crippen molar-refractivity contribution in [3.63, 3.8) is 0 Å². The molecule has 2 aromatic carbocycles. The van der Waals surface area contributed by atoms with Crippen molar-refractivity contribution in [3.05, 3.63) is 58.9 Å². The van der Waals surface area contributed by atoms with Gasteiger partial charge in [-0.2, -0.15) is 8.42 Å². The zero-order chi connectivity index (χ0) is 43.8. The standard InChI is InChI=1S/C21H14N2O11S2.3C6H15N/c22-13-5-3-10-15(9-2-1-8(20(24)25)7-12(9)21(26)27)11-4-6-14(23)19(36(31,32)33)17(11)34-16(10)18(13)35(28,29)30;3*1-4-7(5-2)6-3/h1-7,22H,23H2,(H,24,25)(H,26,27)(H,28,29,30)(H,31,32,33);3*4-6H2,1-3H3. The number of nitrogens with zero attached hydrogens (tertiary/aromatic N) is 3. The molecule has 1 aliphatic heterocycles. The summed E-state index contributed by atoms with van der Waals surface area (Å²) in [6, 6.07) is 7.55. The molecule has 0 fully saturated rings. The SMILES string of the molecule is CCN(CC)CC.CCN(CC)CC.CCN(CC)CC.Nc1ccc2c(-c3ccc(C(=O)O)cc3C(=O)O)c3ccc(=[NH2+])c(S(=O)(=O)[O-])c-3oc2c1S(=O)(=O)O. The third-order valence-electron chi connectivity index (χ3n) is 9.33. The van der Waals surface area contributed by atoms with Crippen LogP contribution in [0.5, 0.6) is 0 Å². The van der Waals surface area contributed by atoms with Crippen LogP contribution in [0.4, 0.5) is 5.69 Å². The maximum atomic E-state index is 12.1. The van der Waals surface area contributed by atoms with Gasteiger partial charge in [-0.15, -0.1) is 0 Å². The monoisotopic (exact) mass is 837 g/mol. The van der Waals surface area contributed by atoms with Crippen molar-refractivity contribution in [1.29, 1.82) is 0 Å². The first kappa shape index (κ1) is 50.6. The Balaban J connectivity index is 0.000000632. The van der Waals surface area contributed by atoms with Crippen LogP contribution in [0.2, 0.25) is 0 Å². The number of hydrogen-bond donors (Lipinski definition) is 5. The molecule has 0 radical (unpaired) electrons. The summed E-state index contributed by atoms with van der Waals surface area (Å²) in [5.74, 6) is -3.75. The molecule has 18 heteroatoms. The van der Waals surface area contributed by atoms with Crippen LogP contribution in [0.15, 0.2) is 56.7 Å². The Bertz CT molecular complexity index is 2150. The van der Waals surface area contributed by atoms with E-state index in [1.165, 1.54) is 71.0 Å². The molecule has 0 saturated carbocycles. The molecule has 0 bridgehead atoms. The average molecular weight is 838 g/mol. The first-order valence-electron chi connectivity index (χ1n) is 18.8. The molecule has 0 atom stereocenters. The zero-order valence-electron chi connectivity index (χ0n) is 34.3. The first-order valence-corrected chi connectivity index (χ1v) is 21.6. The van der Waals surface area contributed by atoms with Gasteiger partial charge in [0.1, 0.15) is 10.1 Å². The molecule has 0 amide bonds. The molecule has 2 aliphatic rings. The highest BCUT2D eigenvalue weighted by molar-refractivity contribution is 7.86. The van der Waals surface area contributed by atoms with E-state index in [-0.39, 0.29) is 27.6 Å². The molecular formula is C39H59N5O11S2. The van der Waals surface area contributed by atoms with E-state index in [4.69, 9.17) is 15.6 Å². The minimum atomic E-state index is -5.34. The number of nitrogens with two attached hydrogens (primary N) is 2. The smallest absolute Gasteiger partial charge is 0.336 e. The number of fused-ring (bicyclic) bond motifs is 2. The van der Waals surface area contributed by atoms with Gasteiger partial charge >= 0.3 is 11.9 Å². The van der Waals surface area contributed by atoms with Crippen LogP contribution in [0.3, 0.4) is 0 Å². The van der Waals surface area contributed by atoms with Crippen molar-refractivity contribution in [2.75, 3.05) is 64.6 Å². The van der Waals surface area contributed by atoms with E-state index in [0.717, 1.165) is 30.3 Å². The minimum Gasteiger partial charge on any atom is -0.744 e. The number of benzene rings is 3. The van der Waals surface area contributed by atoms with E-state index < -0.39 is 69.9 Å². The minimum absolute atomic E-state index is 0.157. The van der Waals surface area contributed by atoms with Gasteiger partial charge in [0.25, 0.3) is 10.1 Å². The summed E-state index contributed by atoms with van der Waals surface area (Å²) in [4.78, 5) is 28.6. The highest BCUT2D eigenvalue weighted by Crippen LogP contribution is 2.45. The third kappa shape index (κ3) is 13.6. The van der Waals surface area contributed by atoms with Gasteiger partial charge in [-0.25, -0.2) is 18.0 Å². The van der Waals surface area contributed by atoms with Gasteiger partial charge < -0.3 is 39.6 Å². The fourth-order valence-corrected chi connectivity index (χ4v) is 7.39. The number of nitrogen functional groups attached to an aromatic ring is 1. The molecule has 0 saturated heterocycles. The quantitative estimate of drug-likeness (QED) is 0.0682. The lowest BCUT2D eigenvalue weighted by Gasteiger charge is -2.20. The number of aromatic carboxylic acids is 2. The van der Waals surface area contributed by atoms with Crippen molar-refractivity contribution >= 4 is 48.8 Å². The van der Waals surface area contributed by atoms with E-state index in [9.17, 15) is 45.7 Å². The largest absolute Gasteiger partial charge is 0.744 e. The van der Waals surface area contributed by atoms with Crippen LogP contribution >= 0.6 is 0 Å². The summed E-state index contributed by atoms with van der Waals surface area (Å²) in [6.07, 6.45) is 0. The van der Waals surface area contributed by atoms with Crippen molar-refractivity contribution in [3.8, 4) is 22.5 Å². The van der Waals surface area contributed by atoms with E-state index in [1.807, 2.05) is 0 Å². The maximum absolute atomic E-state index is 12.1. The van der Waals surface area contributed by atoms with Gasteiger partial charge in [0, 0.05) is 22.6 Å². The highest BCUT2D eigenvalue weighted by Gasteiger charge is 2.31. The highest BCUT2D eigenvalue weighted by atomic mass is 32.2. The summed E-state index contributed by atoms with van der Waals surface area (Å²) >= 11 is 0. The number of carboxylic acid groups (broad SMARTS) is 2. The molecule has 0 spiro atoms. The lowest BCUT2D eigenvalue weighted by Crippen LogP contribution is -2.47. The van der Waals surface area contributed by atoms with Crippen LogP contribution in [-0.2, 0) is 20.2 Å². The Hall–Kier alpha value is -4.43. The zero-order valence-corrected chi connectivity index (χ0v) is 36.0. The Kier molecular flexibility index (Phi) is 20.5.